The molecule has 0 aliphatic carbocycles. The molecule has 0 bridgehead atoms. The number of para-hydroxylation sites is 2. The summed E-state index contributed by atoms with van der Waals surface area (Å²) in [4.78, 5) is 21.5. The monoisotopic (exact) mass is 390 g/mol. The number of benzene rings is 2. The average molecular weight is 390 g/mol. The maximum Gasteiger partial charge on any atom is 0.340 e. The van der Waals surface area contributed by atoms with Crippen LogP contribution < -0.4 is 0 Å². The summed E-state index contributed by atoms with van der Waals surface area (Å²) in [5.41, 5.74) is 3.85. The van der Waals surface area contributed by atoms with Crippen LogP contribution in [0, 0.1) is 6.92 Å². The van der Waals surface area contributed by atoms with Gasteiger partial charge in [-0.2, -0.15) is 0 Å². The first-order valence-corrected chi connectivity index (χ1v) is 9.72. The summed E-state index contributed by atoms with van der Waals surface area (Å²) in [6, 6.07) is 17.6. The summed E-state index contributed by atoms with van der Waals surface area (Å²) in [6.45, 7) is 1.92. The summed E-state index contributed by atoms with van der Waals surface area (Å²) in [5, 5.41) is 6.06. The van der Waals surface area contributed by atoms with Crippen LogP contribution in [0.4, 0.5) is 0 Å². The molecule has 7 heteroatoms. The van der Waals surface area contributed by atoms with E-state index in [9.17, 15) is 4.79 Å². The minimum Gasteiger partial charge on any atom is -0.465 e. The second-order valence-corrected chi connectivity index (χ2v) is 7.11. The van der Waals surface area contributed by atoms with Gasteiger partial charge in [0.2, 0.25) is 5.16 Å². The van der Waals surface area contributed by atoms with E-state index in [-0.39, 0.29) is 5.97 Å². The summed E-state index contributed by atoms with van der Waals surface area (Å²) < 4.78 is 6.72. The van der Waals surface area contributed by atoms with Crippen molar-refractivity contribution in [3.8, 4) is 5.69 Å². The number of pyridine rings is 1. The number of fused-ring (bicyclic) bond motifs is 1. The summed E-state index contributed by atoms with van der Waals surface area (Å²) >= 11 is 1.44. The average Bonchev–Trinajstić information content (AvgIpc) is 3.21. The first-order chi connectivity index (χ1) is 13.7. The van der Waals surface area contributed by atoms with Gasteiger partial charge in [-0.1, -0.05) is 48.2 Å². The SMILES string of the molecule is COC(=O)c1c(CSc2ncn(-c3ccccc3)n2)nc2ccccc2c1C. The number of thioether (sulfide) groups is 1. The van der Waals surface area contributed by atoms with Crippen molar-refractivity contribution in [1.82, 2.24) is 19.7 Å². The van der Waals surface area contributed by atoms with Crippen LogP contribution in [0.5, 0.6) is 0 Å². The number of ether oxygens (including phenoxy) is 1. The molecule has 0 fully saturated rings. The summed E-state index contributed by atoms with van der Waals surface area (Å²) in [5.74, 6) is 0.0867. The Morgan fingerprint density at radius 2 is 1.86 bits per heavy atom. The number of aryl methyl sites for hydroxylation is 1. The molecule has 0 saturated heterocycles. The molecule has 0 aliphatic heterocycles. The van der Waals surface area contributed by atoms with Gasteiger partial charge in [0.25, 0.3) is 0 Å². The fraction of sp³-hybridized carbons (Fsp3) is 0.143. The Kier molecular flexibility index (Phi) is 5.08. The standard InChI is InChI=1S/C21H18N4O2S/c1-14-16-10-6-7-11-17(16)23-18(19(14)20(26)27-2)12-28-21-22-13-25(24-21)15-8-4-3-5-9-15/h3-11,13H,12H2,1-2H3. The zero-order valence-electron chi connectivity index (χ0n) is 15.5. The predicted octanol–water partition coefficient (Wildman–Crippen LogP) is 4.20. The van der Waals surface area contributed by atoms with E-state index in [0.717, 1.165) is 22.2 Å². The van der Waals surface area contributed by atoms with Gasteiger partial charge < -0.3 is 4.74 Å². The van der Waals surface area contributed by atoms with Gasteiger partial charge >= 0.3 is 5.97 Å². The molecule has 0 amide bonds. The Labute approximate surface area is 166 Å². The molecule has 140 valence electrons. The Hall–Kier alpha value is -3.19. The third-order valence-electron chi connectivity index (χ3n) is 4.45. The minimum absolute atomic E-state index is 0.380. The van der Waals surface area contributed by atoms with Crippen LogP contribution in [-0.2, 0) is 10.5 Å². The lowest BCUT2D eigenvalue weighted by Crippen LogP contribution is -2.10. The van der Waals surface area contributed by atoms with E-state index < -0.39 is 0 Å². The number of rotatable bonds is 5. The molecule has 4 aromatic rings. The molecule has 0 saturated carbocycles. The van der Waals surface area contributed by atoms with Crippen LogP contribution in [0.25, 0.3) is 16.6 Å². The van der Waals surface area contributed by atoms with Crippen molar-refractivity contribution >= 4 is 28.6 Å². The van der Waals surface area contributed by atoms with Crippen LogP contribution in [0.1, 0.15) is 21.6 Å². The van der Waals surface area contributed by atoms with Gasteiger partial charge in [0, 0.05) is 11.1 Å². The zero-order valence-corrected chi connectivity index (χ0v) is 16.3. The summed E-state index contributed by atoms with van der Waals surface area (Å²) in [6.07, 6.45) is 1.68. The van der Waals surface area contributed by atoms with Crippen molar-refractivity contribution < 1.29 is 9.53 Å². The van der Waals surface area contributed by atoms with E-state index in [0.29, 0.717) is 22.2 Å². The lowest BCUT2D eigenvalue weighted by Gasteiger charge is -2.12. The van der Waals surface area contributed by atoms with E-state index in [1.165, 1.54) is 18.9 Å². The maximum atomic E-state index is 12.4. The Bertz CT molecular complexity index is 1140. The second-order valence-electron chi connectivity index (χ2n) is 6.16. The predicted molar refractivity (Wildman–Crippen MR) is 109 cm³/mol. The molecule has 2 aromatic carbocycles. The van der Waals surface area contributed by atoms with E-state index in [1.807, 2.05) is 61.5 Å². The van der Waals surface area contributed by atoms with Gasteiger partial charge in [0.05, 0.1) is 29.6 Å². The molecule has 0 radical (unpaired) electrons. The van der Waals surface area contributed by atoms with Crippen LogP contribution in [-0.4, -0.2) is 32.8 Å². The molecular formula is C21H18N4O2S. The number of hydrogen-bond acceptors (Lipinski definition) is 6. The van der Waals surface area contributed by atoms with Gasteiger partial charge in [0.1, 0.15) is 6.33 Å². The van der Waals surface area contributed by atoms with Gasteiger partial charge in [-0.05, 0) is 30.7 Å². The molecule has 2 aromatic heterocycles. The maximum absolute atomic E-state index is 12.4. The molecule has 6 nitrogen and oxygen atoms in total. The highest BCUT2D eigenvalue weighted by atomic mass is 32.2. The third-order valence-corrected chi connectivity index (χ3v) is 5.31. The molecule has 0 atom stereocenters. The van der Waals surface area contributed by atoms with Gasteiger partial charge in [0.15, 0.2) is 0 Å². The van der Waals surface area contributed by atoms with Crippen molar-refractivity contribution in [3.63, 3.8) is 0 Å². The third kappa shape index (κ3) is 3.48. The lowest BCUT2D eigenvalue weighted by atomic mass is 10.0. The highest BCUT2D eigenvalue weighted by molar-refractivity contribution is 7.98. The zero-order chi connectivity index (χ0) is 19.5. The van der Waals surface area contributed by atoms with Gasteiger partial charge in [-0.15, -0.1) is 5.10 Å². The van der Waals surface area contributed by atoms with Crippen molar-refractivity contribution in [2.45, 2.75) is 17.8 Å². The number of aromatic nitrogens is 4. The number of nitrogens with zero attached hydrogens (tertiary/aromatic N) is 4. The van der Waals surface area contributed by atoms with Crippen LogP contribution in [0.3, 0.4) is 0 Å². The van der Waals surface area contributed by atoms with E-state index in [2.05, 4.69) is 10.1 Å². The minimum atomic E-state index is -0.380. The number of carbonyl (C=O) groups is 1. The van der Waals surface area contributed by atoms with Crippen LogP contribution in [0.2, 0.25) is 0 Å². The Morgan fingerprint density at radius 1 is 1.11 bits per heavy atom. The van der Waals surface area contributed by atoms with Crippen molar-refractivity contribution in [3.05, 3.63) is 77.7 Å². The molecule has 0 spiro atoms. The second kappa shape index (κ2) is 7.82. The van der Waals surface area contributed by atoms with Crippen LogP contribution >= 0.6 is 11.8 Å². The normalized spacial score (nSPS) is 10.9. The fourth-order valence-corrected chi connectivity index (χ4v) is 3.81. The molecule has 0 unspecified atom stereocenters. The van der Waals surface area contributed by atoms with Gasteiger partial charge in [-0.3, -0.25) is 4.98 Å². The van der Waals surface area contributed by atoms with E-state index >= 15 is 0 Å². The fourth-order valence-electron chi connectivity index (χ4n) is 3.07. The quantitative estimate of drug-likeness (QED) is 0.376. The highest BCUT2D eigenvalue weighted by Gasteiger charge is 2.20. The van der Waals surface area contributed by atoms with Crippen molar-refractivity contribution in [2.24, 2.45) is 0 Å². The topological polar surface area (TPSA) is 69.9 Å². The molecule has 0 N–H and O–H groups in total. The number of methoxy groups -OCH3 is 1. The van der Waals surface area contributed by atoms with Gasteiger partial charge in [-0.25, -0.2) is 14.5 Å². The lowest BCUT2D eigenvalue weighted by molar-refractivity contribution is 0.0598. The van der Waals surface area contributed by atoms with Crippen LogP contribution in [0.15, 0.2) is 66.1 Å². The van der Waals surface area contributed by atoms with E-state index in [1.54, 1.807) is 11.0 Å². The first kappa shape index (κ1) is 18.2. The smallest absolute Gasteiger partial charge is 0.340 e. The Balaban J connectivity index is 1.64. The largest absolute Gasteiger partial charge is 0.465 e. The molecule has 28 heavy (non-hydrogen) atoms. The van der Waals surface area contributed by atoms with Crippen molar-refractivity contribution in [1.29, 1.82) is 0 Å². The number of carbonyl (C=O) groups excluding carboxylic acids is 1. The number of hydrogen-bond donors (Lipinski definition) is 0. The van der Waals surface area contributed by atoms with Crippen molar-refractivity contribution in [2.75, 3.05) is 7.11 Å². The molecule has 0 aliphatic rings. The molecular weight excluding hydrogens is 372 g/mol. The number of esters is 1. The first-order valence-electron chi connectivity index (χ1n) is 8.74. The highest BCUT2D eigenvalue weighted by Crippen LogP contribution is 2.28. The Morgan fingerprint density at radius 3 is 2.64 bits per heavy atom. The van der Waals surface area contributed by atoms with E-state index in [4.69, 9.17) is 9.72 Å². The molecule has 4 rings (SSSR count). The summed E-state index contributed by atoms with van der Waals surface area (Å²) in [7, 11) is 1.39. The molecule has 2 heterocycles.